The molecule has 0 spiro atoms. The number of esters is 1. The molecule has 0 saturated heterocycles. The van der Waals surface area contributed by atoms with E-state index in [1.165, 1.54) is 7.11 Å². The van der Waals surface area contributed by atoms with Crippen LogP contribution in [0.25, 0.3) is 12.2 Å². The van der Waals surface area contributed by atoms with Crippen molar-refractivity contribution in [2.75, 3.05) is 7.11 Å². The van der Waals surface area contributed by atoms with Crippen molar-refractivity contribution in [3.63, 3.8) is 0 Å². The van der Waals surface area contributed by atoms with Gasteiger partial charge in [0, 0.05) is 5.56 Å². The van der Waals surface area contributed by atoms with Crippen LogP contribution >= 0.6 is 0 Å². The third-order valence-corrected chi connectivity index (χ3v) is 3.56. The van der Waals surface area contributed by atoms with Crippen molar-refractivity contribution >= 4 is 24.4 Å². The van der Waals surface area contributed by atoms with Gasteiger partial charge in [0.05, 0.1) is 36.2 Å². The third-order valence-electron chi connectivity index (χ3n) is 3.56. The van der Waals surface area contributed by atoms with Crippen molar-refractivity contribution in [1.29, 1.82) is 0 Å². The quantitative estimate of drug-likeness (QED) is 0.646. The van der Waals surface area contributed by atoms with Crippen LogP contribution in [0.1, 0.15) is 43.2 Å². The summed E-state index contributed by atoms with van der Waals surface area (Å²) in [5.74, 6) is -0.645. The van der Waals surface area contributed by atoms with Crippen LogP contribution in [0.15, 0.2) is 24.3 Å². The maximum absolute atomic E-state index is 11.4. The molecule has 0 fully saturated rings. The van der Waals surface area contributed by atoms with Crippen LogP contribution in [0, 0.1) is 6.92 Å². The predicted octanol–water partition coefficient (Wildman–Crippen LogP) is 2.36. The zero-order chi connectivity index (χ0) is 17.7. The molecule has 2 aromatic rings. The molecule has 124 valence electrons. The third kappa shape index (κ3) is 3.49. The number of rotatable bonds is 5. The monoisotopic (exact) mass is 327 g/mol. The molecule has 6 nitrogen and oxygen atoms in total. The average molecular weight is 327 g/mol. The molecule has 1 heterocycles. The second-order valence-corrected chi connectivity index (χ2v) is 5.05. The molecule has 0 saturated carbocycles. The van der Waals surface area contributed by atoms with Gasteiger partial charge in [-0.15, -0.1) is 0 Å². The highest BCUT2D eigenvalue weighted by atomic mass is 16.5. The molecule has 1 aromatic heterocycles. The van der Waals surface area contributed by atoms with Gasteiger partial charge in [0.25, 0.3) is 0 Å². The number of aliphatic hydroxyl groups is 1. The number of aromatic nitrogens is 1. The molecule has 1 aromatic carbocycles. The van der Waals surface area contributed by atoms with Crippen molar-refractivity contribution in [3.8, 4) is 5.75 Å². The van der Waals surface area contributed by atoms with Gasteiger partial charge in [0.15, 0.2) is 6.29 Å². The molecule has 6 heteroatoms. The van der Waals surface area contributed by atoms with Crippen molar-refractivity contribution in [3.05, 3.63) is 57.9 Å². The average Bonchev–Trinajstić information content (AvgIpc) is 2.61. The van der Waals surface area contributed by atoms with E-state index in [1.54, 1.807) is 43.3 Å². The van der Waals surface area contributed by atoms with E-state index in [1.807, 2.05) is 0 Å². The van der Waals surface area contributed by atoms with Crippen LogP contribution in [-0.4, -0.2) is 34.6 Å². The van der Waals surface area contributed by atoms with Crippen LogP contribution in [0.5, 0.6) is 5.75 Å². The number of nitrogens with zero attached hydrogens (tertiary/aromatic N) is 1. The summed E-state index contributed by atoms with van der Waals surface area (Å²) in [5.41, 5.74) is 2.22. The van der Waals surface area contributed by atoms with Gasteiger partial charge in [-0.05, 0) is 30.7 Å². The Morgan fingerprint density at radius 2 is 1.92 bits per heavy atom. The maximum atomic E-state index is 11.4. The van der Waals surface area contributed by atoms with Crippen molar-refractivity contribution < 1.29 is 24.5 Å². The standard InChI is InChI=1S/C18H17NO5/c1-11-17(22)15(10-21)14(9-20)16(19-11)8-5-12-3-6-13(7-4-12)18(23)24-2/h3-8,10,20,22H,9H2,1-2H3/b8-5+. The highest BCUT2D eigenvalue weighted by Gasteiger charge is 2.14. The molecule has 0 radical (unpaired) electrons. The number of pyridine rings is 1. The van der Waals surface area contributed by atoms with Crippen LogP contribution in [-0.2, 0) is 11.3 Å². The van der Waals surface area contributed by atoms with E-state index in [-0.39, 0.29) is 16.9 Å². The molecule has 0 aliphatic rings. The van der Waals surface area contributed by atoms with Gasteiger partial charge in [-0.3, -0.25) is 4.79 Å². The largest absolute Gasteiger partial charge is 0.505 e. The van der Waals surface area contributed by atoms with Crippen molar-refractivity contribution in [2.24, 2.45) is 0 Å². The summed E-state index contributed by atoms with van der Waals surface area (Å²) in [6.07, 6.45) is 3.86. The van der Waals surface area contributed by atoms with E-state index in [0.717, 1.165) is 5.56 Å². The predicted molar refractivity (Wildman–Crippen MR) is 88.7 cm³/mol. The highest BCUT2D eigenvalue weighted by Crippen LogP contribution is 2.26. The van der Waals surface area contributed by atoms with E-state index in [0.29, 0.717) is 23.2 Å². The van der Waals surface area contributed by atoms with Gasteiger partial charge >= 0.3 is 5.97 Å². The number of methoxy groups -OCH3 is 1. The fourth-order valence-corrected chi connectivity index (χ4v) is 2.23. The van der Waals surface area contributed by atoms with Crippen LogP contribution in [0.2, 0.25) is 0 Å². The number of ether oxygens (including phenoxy) is 1. The Bertz CT molecular complexity index is 794. The lowest BCUT2D eigenvalue weighted by Crippen LogP contribution is -2.02. The summed E-state index contributed by atoms with van der Waals surface area (Å²) >= 11 is 0. The Morgan fingerprint density at radius 1 is 1.25 bits per heavy atom. The van der Waals surface area contributed by atoms with Crippen molar-refractivity contribution in [2.45, 2.75) is 13.5 Å². The lowest BCUT2D eigenvalue weighted by Gasteiger charge is -2.10. The van der Waals surface area contributed by atoms with Gasteiger partial charge in [0.1, 0.15) is 5.75 Å². The van der Waals surface area contributed by atoms with Crippen molar-refractivity contribution in [1.82, 2.24) is 4.98 Å². The molecule has 24 heavy (non-hydrogen) atoms. The van der Waals surface area contributed by atoms with Crippen LogP contribution < -0.4 is 0 Å². The number of carbonyl (C=O) groups excluding carboxylic acids is 2. The Hall–Kier alpha value is -2.99. The molecule has 0 atom stereocenters. The minimum absolute atomic E-state index is 0.0330. The second kappa shape index (κ2) is 7.52. The summed E-state index contributed by atoms with van der Waals surface area (Å²) in [6.45, 7) is 1.15. The van der Waals surface area contributed by atoms with Crippen LogP contribution in [0.3, 0.4) is 0 Å². The highest BCUT2D eigenvalue weighted by molar-refractivity contribution is 5.89. The number of hydrogen-bond acceptors (Lipinski definition) is 6. The topological polar surface area (TPSA) is 96.7 Å². The van der Waals surface area contributed by atoms with E-state index in [2.05, 4.69) is 9.72 Å². The van der Waals surface area contributed by atoms with Gasteiger partial charge < -0.3 is 14.9 Å². The summed E-state index contributed by atoms with van der Waals surface area (Å²) in [4.78, 5) is 26.7. The van der Waals surface area contributed by atoms with Gasteiger partial charge in [-0.2, -0.15) is 0 Å². The number of aliphatic hydroxyl groups excluding tert-OH is 1. The number of benzene rings is 1. The smallest absolute Gasteiger partial charge is 0.337 e. The lowest BCUT2D eigenvalue weighted by molar-refractivity contribution is 0.0600. The number of aryl methyl sites for hydroxylation is 1. The Balaban J connectivity index is 2.37. The molecule has 0 aliphatic carbocycles. The second-order valence-electron chi connectivity index (χ2n) is 5.05. The maximum Gasteiger partial charge on any atom is 0.337 e. The molecular weight excluding hydrogens is 310 g/mol. The van der Waals surface area contributed by atoms with E-state index < -0.39 is 12.6 Å². The number of aldehydes is 1. The fourth-order valence-electron chi connectivity index (χ4n) is 2.23. The first kappa shape index (κ1) is 17.4. The lowest BCUT2D eigenvalue weighted by atomic mass is 10.0. The first-order valence-electron chi connectivity index (χ1n) is 7.16. The molecule has 0 unspecified atom stereocenters. The Labute approximate surface area is 139 Å². The van der Waals surface area contributed by atoms with E-state index in [9.17, 15) is 19.8 Å². The summed E-state index contributed by atoms with van der Waals surface area (Å²) in [7, 11) is 1.32. The van der Waals surface area contributed by atoms with E-state index in [4.69, 9.17) is 0 Å². The summed E-state index contributed by atoms with van der Waals surface area (Å²) in [6, 6.07) is 6.72. The molecule has 2 N–H and O–H groups in total. The normalized spacial score (nSPS) is 10.8. The number of carbonyl (C=O) groups is 2. The van der Waals surface area contributed by atoms with Crippen LogP contribution in [0.4, 0.5) is 0 Å². The minimum Gasteiger partial charge on any atom is -0.505 e. The number of aromatic hydroxyl groups is 1. The first-order chi connectivity index (χ1) is 11.5. The number of hydrogen-bond donors (Lipinski definition) is 2. The molecule has 0 bridgehead atoms. The Kier molecular flexibility index (Phi) is 5.44. The SMILES string of the molecule is COC(=O)c1ccc(/C=C/c2nc(C)c(O)c(C=O)c2CO)cc1. The summed E-state index contributed by atoms with van der Waals surface area (Å²) in [5, 5.41) is 19.3. The van der Waals surface area contributed by atoms with Gasteiger partial charge in [-0.1, -0.05) is 18.2 Å². The first-order valence-corrected chi connectivity index (χ1v) is 7.16. The molecular formula is C18H17NO5. The minimum atomic E-state index is -0.421. The molecule has 2 rings (SSSR count). The van der Waals surface area contributed by atoms with E-state index >= 15 is 0 Å². The van der Waals surface area contributed by atoms with Gasteiger partial charge in [0.2, 0.25) is 0 Å². The summed E-state index contributed by atoms with van der Waals surface area (Å²) < 4.78 is 4.63. The zero-order valence-electron chi connectivity index (χ0n) is 13.3. The Morgan fingerprint density at radius 3 is 2.46 bits per heavy atom. The zero-order valence-corrected chi connectivity index (χ0v) is 13.3. The molecule has 0 amide bonds. The molecule has 0 aliphatic heterocycles. The van der Waals surface area contributed by atoms with Gasteiger partial charge in [-0.25, -0.2) is 9.78 Å². The fraction of sp³-hybridized carbons (Fsp3) is 0.167.